The molecule has 0 amide bonds. The molecule has 2 aliphatic rings. The molecule has 1 heterocycles. The van der Waals surface area contributed by atoms with Gasteiger partial charge in [0.05, 0.1) is 6.10 Å². The van der Waals surface area contributed by atoms with Gasteiger partial charge >= 0.3 is 0 Å². The Labute approximate surface area is 125 Å². The van der Waals surface area contributed by atoms with E-state index in [0.29, 0.717) is 12.0 Å². The van der Waals surface area contributed by atoms with E-state index >= 15 is 0 Å². The minimum atomic E-state index is -0.0632. The first-order valence-electron chi connectivity index (χ1n) is 8.32. The number of aliphatic hydroxyl groups excluding tert-OH is 1. The van der Waals surface area contributed by atoms with Crippen molar-refractivity contribution in [3.8, 4) is 0 Å². The van der Waals surface area contributed by atoms with Crippen LogP contribution in [0.5, 0.6) is 0 Å². The second-order valence-electron chi connectivity index (χ2n) is 6.75. The van der Waals surface area contributed by atoms with Crippen LogP contribution in [0.25, 0.3) is 10.9 Å². The minimum Gasteiger partial charge on any atom is -0.393 e. The molecule has 21 heavy (non-hydrogen) atoms. The molecule has 0 saturated heterocycles. The second-order valence-corrected chi connectivity index (χ2v) is 6.75. The maximum Gasteiger partial charge on any atom is 0.0543 e. The van der Waals surface area contributed by atoms with Gasteiger partial charge in [0.2, 0.25) is 0 Å². The van der Waals surface area contributed by atoms with Crippen LogP contribution in [-0.4, -0.2) is 22.7 Å². The highest BCUT2D eigenvalue weighted by molar-refractivity contribution is 5.85. The molecule has 3 atom stereocenters. The van der Waals surface area contributed by atoms with Gasteiger partial charge in [-0.2, -0.15) is 0 Å². The highest BCUT2D eigenvalue weighted by Gasteiger charge is 2.27. The Morgan fingerprint density at radius 2 is 2.10 bits per heavy atom. The SMILES string of the molecule is OC1CCC(CNC2CCCc3c2[nH]c2ccccc32)C1. The second kappa shape index (κ2) is 5.47. The van der Waals surface area contributed by atoms with E-state index in [2.05, 4.69) is 34.6 Å². The number of aliphatic hydroxyl groups is 1. The van der Waals surface area contributed by atoms with Crippen molar-refractivity contribution in [2.45, 2.75) is 50.7 Å². The average molecular weight is 284 g/mol. The summed E-state index contributed by atoms with van der Waals surface area (Å²) in [5.41, 5.74) is 4.19. The zero-order chi connectivity index (χ0) is 14.2. The van der Waals surface area contributed by atoms with Gasteiger partial charge < -0.3 is 15.4 Å². The summed E-state index contributed by atoms with van der Waals surface area (Å²) in [6.45, 7) is 1.04. The summed E-state index contributed by atoms with van der Waals surface area (Å²) in [5, 5.41) is 14.8. The van der Waals surface area contributed by atoms with Gasteiger partial charge in [-0.25, -0.2) is 0 Å². The number of aromatic nitrogens is 1. The van der Waals surface area contributed by atoms with Crippen LogP contribution in [0, 0.1) is 5.92 Å². The third-order valence-electron chi connectivity index (χ3n) is 5.28. The van der Waals surface area contributed by atoms with Crippen molar-refractivity contribution in [1.29, 1.82) is 0 Å². The zero-order valence-electron chi connectivity index (χ0n) is 12.4. The number of benzene rings is 1. The van der Waals surface area contributed by atoms with Crippen LogP contribution < -0.4 is 5.32 Å². The number of H-pyrrole nitrogens is 1. The molecular formula is C18H24N2O. The first kappa shape index (κ1) is 13.4. The van der Waals surface area contributed by atoms with Crippen molar-refractivity contribution in [3.05, 3.63) is 35.5 Å². The van der Waals surface area contributed by atoms with E-state index in [1.807, 2.05) is 0 Å². The Morgan fingerprint density at radius 3 is 2.95 bits per heavy atom. The number of para-hydroxylation sites is 1. The molecule has 3 heteroatoms. The Balaban J connectivity index is 1.53. The molecule has 2 aromatic rings. The molecule has 1 aromatic heterocycles. The van der Waals surface area contributed by atoms with Gasteiger partial charge in [-0.1, -0.05) is 18.2 Å². The summed E-state index contributed by atoms with van der Waals surface area (Å²) in [5.74, 6) is 0.648. The fourth-order valence-electron chi connectivity index (χ4n) is 4.16. The Morgan fingerprint density at radius 1 is 1.19 bits per heavy atom. The number of hydrogen-bond acceptors (Lipinski definition) is 2. The van der Waals surface area contributed by atoms with Gasteiger partial charge in [0.15, 0.2) is 0 Å². The third kappa shape index (κ3) is 2.49. The molecule has 3 N–H and O–H groups in total. The predicted molar refractivity (Wildman–Crippen MR) is 85.3 cm³/mol. The fraction of sp³-hybridized carbons (Fsp3) is 0.556. The molecule has 3 nitrogen and oxygen atoms in total. The van der Waals surface area contributed by atoms with Gasteiger partial charge in [0, 0.05) is 22.6 Å². The molecule has 0 bridgehead atoms. The molecule has 4 rings (SSSR count). The van der Waals surface area contributed by atoms with Crippen LogP contribution in [0.3, 0.4) is 0 Å². The average Bonchev–Trinajstić information content (AvgIpc) is 3.09. The molecular weight excluding hydrogens is 260 g/mol. The lowest BCUT2D eigenvalue weighted by atomic mass is 9.91. The number of hydrogen-bond donors (Lipinski definition) is 3. The van der Waals surface area contributed by atoms with Gasteiger partial charge in [-0.15, -0.1) is 0 Å². The first-order valence-corrected chi connectivity index (χ1v) is 8.32. The normalized spacial score (nSPS) is 28.9. The van der Waals surface area contributed by atoms with Gasteiger partial charge in [0.25, 0.3) is 0 Å². The number of fused-ring (bicyclic) bond motifs is 3. The van der Waals surface area contributed by atoms with Crippen LogP contribution in [0.4, 0.5) is 0 Å². The molecule has 0 spiro atoms. The van der Waals surface area contributed by atoms with E-state index in [1.165, 1.54) is 47.8 Å². The Kier molecular flexibility index (Phi) is 3.48. The van der Waals surface area contributed by atoms with Crippen molar-refractivity contribution >= 4 is 10.9 Å². The number of aryl methyl sites for hydroxylation is 1. The summed E-state index contributed by atoms with van der Waals surface area (Å²) in [6.07, 6.45) is 6.73. The van der Waals surface area contributed by atoms with Crippen molar-refractivity contribution in [2.75, 3.05) is 6.54 Å². The molecule has 0 aliphatic heterocycles. The van der Waals surface area contributed by atoms with Crippen molar-refractivity contribution < 1.29 is 5.11 Å². The predicted octanol–water partition coefficient (Wildman–Crippen LogP) is 3.30. The summed E-state index contributed by atoms with van der Waals surface area (Å²) in [6, 6.07) is 9.11. The standard InChI is InChI=1S/C18H24N2O/c21-13-9-8-12(10-13)11-19-17-7-3-5-15-14-4-1-2-6-16(14)20-18(15)17/h1-2,4,6,12-13,17,19-21H,3,5,7-11H2. The van der Waals surface area contributed by atoms with E-state index in [1.54, 1.807) is 0 Å². The number of rotatable bonds is 3. The molecule has 1 fully saturated rings. The molecule has 112 valence electrons. The maximum atomic E-state index is 9.66. The molecule has 0 radical (unpaired) electrons. The fourth-order valence-corrected chi connectivity index (χ4v) is 4.16. The number of nitrogens with one attached hydrogen (secondary N) is 2. The van der Waals surface area contributed by atoms with E-state index in [-0.39, 0.29) is 6.10 Å². The topological polar surface area (TPSA) is 48.0 Å². The monoisotopic (exact) mass is 284 g/mol. The highest BCUT2D eigenvalue weighted by atomic mass is 16.3. The van der Waals surface area contributed by atoms with Crippen molar-refractivity contribution in [2.24, 2.45) is 5.92 Å². The lowest BCUT2D eigenvalue weighted by Crippen LogP contribution is -2.29. The molecule has 1 saturated carbocycles. The highest BCUT2D eigenvalue weighted by Crippen LogP contribution is 2.35. The van der Waals surface area contributed by atoms with Crippen LogP contribution in [0.15, 0.2) is 24.3 Å². The lowest BCUT2D eigenvalue weighted by Gasteiger charge is -2.25. The summed E-state index contributed by atoms with van der Waals surface area (Å²) < 4.78 is 0. The van der Waals surface area contributed by atoms with Crippen LogP contribution >= 0.6 is 0 Å². The smallest absolute Gasteiger partial charge is 0.0543 e. The van der Waals surface area contributed by atoms with Crippen molar-refractivity contribution in [3.63, 3.8) is 0 Å². The quantitative estimate of drug-likeness (QED) is 0.810. The molecule has 2 aliphatic carbocycles. The van der Waals surface area contributed by atoms with Gasteiger partial charge in [-0.3, -0.25) is 0 Å². The summed E-state index contributed by atoms with van der Waals surface area (Å²) in [4.78, 5) is 3.64. The Bertz CT molecular complexity index is 633. The van der Waals surface area contributed by atoms with Crippen LogP contribution in [-0.2, 0) is 6.42 Å². The van der Waals surface area contributed by atoms with E-state index in [0.717, 1.165) is 19.4 Å². The zero-order valence-corrected chi connectivity index (χ0v) is 12.4. The Hall–Kier alpha value is -1.32. The lowest BCUT2D eigenvalue weighted by molar-refractivity contribution is 0.177. The maximum absolute atomic E-state index is 9.66. The summed E-state index contributed by atoms with van der Waals surface area (Å²) >= 11 is 0. The van der Waals surface area contributed by atoms with E-state index < -0.39 is 0 Å². The molecule has 3 unspecified atom stereocenters. The van der Waals surface area contributed by atoms with Crippen LogP contribution in [0.1, 0.15) is 49.4 Å². The van der Waals surface area contributed by atoms with Gasteiger partial charge in [-0.05, 0) is 62.6 Å². The molecule has 1 aromatic carbocycles. The van der Waals surface area contributed by atoms with E-state index in [4.69, 9.17) is 0 Å². The summed E-state index contributed by atoms with van der Waals surface area (Å²) in [7, 11) is 0. The largest absolute Gasteiger partial charge is 0.393 e. The van der Waals surface area contributed by atoms with Crippen molar-refractivity contribution in [1.82, 2.24) is 10.3 Å². The number of aromatic amines is 1. The third-order valence-corrected chi connectivity index (χ3v) is 5.28. The van der Waals surface area contributed by atoms with Gasteiger partial charge in [0.1, 0.15) is 0 Å². The van der Waals surface area contributed by atoms with E-state index in [9.17, 15) is 5.11 Å². The first-order chi connectivity index (χ1) is 10.3. The minimum absolute atomic E-state index is 0.0632. The van der Waals surface area contributed by atoms with Crippen LogP contribution in [0.2, 0.25) is 0 Å².